The highest BCUT2D eigenvalue weighted by atomic mass is 35.5. The van der Waals surface area contributed by atoms with Gasteiger partial charge in [-0.1, -0.05) is 53.1 Å². The van der Waals surface area contributed by atoms with Gasteiger partial charge in [-0.25, -0.2) is 0 Å². The van der Waals surface area contributed by atoms with Crippen molar-refractivity contribution in [3.63, 3.8) is 0 Å². The molecule has 0 saturated heterocycles. The van der Waals surface area contributed by atoms with Gasteiger partial charge in [-0.05, 0) is 37.6 Å². The molecule has 0 fully saturated rings. The number of halogens is 1. The number of hydrogen-bond donors (Lipinski definition) is 0. The zero-order valence-electron chi connectivity index (χ0n) is 13.2. The summed E-state index contributed by atoms with van der Waals surface area (Å²) in [6.45, 7) is 4.65. The number of para-hydroxylation sites is 1. The SMILES string of the molecule is Cc1cc(C)cc(-c2cncc(COc3ccccc3Cl)c2)c1. The molecule has 0 N–H and O–H groups in total. The molecule has 3 aromatic rings. The van der Waals surface area contributed by atoms with Crippen LogP contribution in [0, 0.1) is 13.8 Å². The van der Waals surface area contributed by atoms with E-state index in [-0.39, 0.29) is 0 Å². The third-order valence-electron chi connectivity index (χ3n) is 3.58. The number of benzene rings is 2. The lowest BCUT2D eigenvalue weighted by molar-refractivity contribution is 0.306. The molecular weight excluding hydrogens is 306 g/mol. The number of nitrogens with zero attached hydrogens (tertiary/aromatic N) is 1. The second-order valence-corrected chi connectivity index (χ2v) is 6.08. The molecule has 0 unspecified atom stereocenters. The molecule has 0 aliphatic rings. The lowest BCUT2D eigenvalue weighted by Gasteiger charge is -2.10. The highest BCUT2D eigenvalue weighted by molar-refractivity contribution is 6.32. The molecule has 0 aliphatic carbocycles. The predicted octanol–water partition coefficient (Wildman–Crippen LogP) is 5.60. The van der Waals surface area contributed by atoms with Gasteiger partial charge in [0, 0.05) is 23.5 Å². The first-order valence-corrected chi connectivity index (χ1v) is 7.89. The van der Waals surface area contributed by atoms with Gasteiger partial charge >= 0.3 is 0 Å². The van der Waals surface area contributed by atoms with E-state index in [0.717, 1.165) is 11.1 Å². The maximum absolute atomic E-state index is 6.11. The van der Waals surface area contributed by atoms with Crippen LogP contribution in [0.2, 0.25) is 5.02 Å². The van der Waals surface area contributed by atoms with Crippen LogP contribution in [-0.4, -0.2) is 4.98 Å². The molecule has 0 atom stereocenters. The van der Waals surface area contributed by atoms with Gasteiger partial charge in [-0.3, -0.25) is 4.98 Å². The van der Waals surface area contributed by atoms with Gasteiger partial charge in [0.05, 0.1) is 5.02 Å². The second-order valence-electron chi connectivity index (χ2n) is 5.68. The van der Waals surface area contributed by atoms with E-state index >= 15 is 0 Å². The molecule has 3 heteroatoms. The fourth-order valence-electron chi connectivity index (χ4n) is 2.59. The van der Waals surface area contributed by atoms with E-state index in [4.69, 9.17) is 16.3 Å². The summed E-state index contributed by atoms with van der Waals surface area (Å²) in [5.74, 6) is 0.686. The molecule has 0 aliphatic heterocycles. The zero-order chi connectivity index (χ0) is 16.2. The Morgan fingerprint density at radius 2 is 1.65 bits per heavy atom. The van der Waals surface area contributed by atoms with Crippen LogP contribution in [0.3, 0.4) is 0 Å². The minimum absolute atomic E-state index is 0.440. The molecular formula is C20H18ClNO. The van der Waals surface area contributed by atoms with Gasteiger partial charge in [0.1, 0.15) is 12.4 Å². The number of ether oxygens (including phenoxy) is 1. The van der Waals surface area contributed by atoms with Crippen LogP contribution < -0.4 is 4.74 Å². The number of hydrogen-bond acceptors (Lipinski definition) is 2. The second kappa shape index (κ2) is 6.84. The van der Waals surface area contributed by atoms with Crippen LogP contribution in [0.1, 0.15) is 16.7 Å². The van der Waals surface area contributed by atoms with Crippen LogP contribution in [0.15, 0.2) is 60.9 Å². The molecule has 0 saturated carbocycles. The van der Waals surface area contributed by atoms with Gasteiger partial charge in [0.2, 0.25) is 0 Å². The Bertz CT molecular complexity index is 809. The number of aromatic nitrogens is 1. The van der Waals surface area contributed by atoms with E-state index in [1.165, 1.54) is 16.7 Å². The first kappa shape index (κ1) is 15.6. The van der Waals surface area contributed by atoms with Crippen molar-refractivity contribution in [2.45, 2.75) is 20.5 Å². The molecule has 2 nitrogen and oxygen atoms in total. The molecule has 116 valence electrons. The highest BCUT2D eigenvalue weighted by Crippen LogP contribution is 2.25. The van der Waals surface area contributed by atoms with Crippen molar-refractivity contribution >= 4 is 11.6 Å². The lowest BCUT2D eigenvalue weighted by Crippen LogP contribution is -1.97. The first-order valence-electron chi connectivity index (χ1n) is 7.52. The van der Waals surface area contributed by atoms with Crippen molar-refractivity contribution < 1.29 is 4.74 Å². The van der Waals surface area contributed by atoms with E-state index in [1.54, 1.807) is 0 Å². The lowest BCUT2D eigenvalue weighted by atomic mass is 10.0. The highest BCUT2D eigenvalue weighted by Gasteiger charge is 2.04. The molecule has 0 radical (unpaired) electrons. The van der Waals surface area contributed by atoms with Gasteiger partial charge in [0.25, 0.3) is 0 Å². The fourth-order valence-corrected chi connectivity index (χ4v) is 2.78. The first-order chi connectivity index (χ1) is 11.1. The number of rotatable bonds is 4. The van der Waals surface area contributed by atoms with E-state index in [2.05, 4.69) is 43.1 Å². The maximum atomic E-state index is 6.11. The van der Waals surface area contributed by atoms with Crippen LogP contribution in [0.5, 0.6) is 5.75 Å². The fraction of sp³-hybridized carbons (Fsp3) is 0.150. The Labute approximate surface area is 141 Å². The summed E-state index contributed by atoms with van der Waals surface area (Å²) in [5, 5.41) is 0.617. The van der Waals surface area contributed by atoms with Crippen molar-refractivity contribution in [1.82, 2.24) is 4.98 Å². The topological polar surface area (TPSA) is 22.1 Å². The van der Waals surface area contributed by atoms with Gasteiger partial charge < -0.3 is 4.74 Å². The van der Waals surface area contributed by atoms with Crippen molar-refractivity contribution in [2.75, 3.05) is 0 Å². The van der Waals surface area contributed by atoms with Crippen molar-refractivity contribution in [3.8, 4) is 16.9 Å². The van der Waals surface area contributed by atoms with Gasteiger partial charge in [-0.15, -0.1) is 0 Å². The largest absolute Gasteiger partial charge is 0.487 e. The summed E-state index contributed by atoms with van der Waals surface area (Å²) in [5.41, 5.74) is 5.78. The summed E-state index contributed by atoms with van der Waals surface area (Å²) < 4.78 is 5.79. The molecule has 0 bridgehead atoms. The van der Waals surface area contributed by atoms with E-state index in [9.17, 15) is 0 Å². The van der Waals surface area contributed by atoms with Crippen molar-refractivity contribution in [3.05, 3.63) is 82.6 Å². The molecule has 1 heterocycles. The molecule has 23 heavy (non-hydrogen) atoms. The molecule has 0 spiro atoms. The summed E-state index contributed by atoms with van der Waals surface area (Å²) in [4.78, 5) is 4.34. The smallest absolute Gasteiger partial charge is 0.138 e. The van der Waals surface area contributed by atoms with E-state index < -0.39 is 0 Å². The van der Waals surface area contributed by atoms with Gasteiger partial charge in [-0.2, -0.15) is 0 Å². The third-order valence-corrected chi connectivity index (χ3v) is 3.89. The van der Waals surface area contributed by atoms with Crippen molar-refractivity contribution in [1.29, 1.82) is 0 Å². The molecule has 3 rings (SSSR count). The van der Waals surface area contributed by atoms with Crippen LogP contribution in [0.25, 0.3) is 11.1 Å². The monoisotopic (exact) mass is 323 g/mol. The Morgan fingerprint density at radius 1 is 0.913 bits per heavy atom. The maximum Gasteiger partial charge on any atom is 0.138 e. The quantitative estimate of drug-likeness (QED) is 0.623. The van der Waals surface area contributed by atoms with Crippen LogP contribution in [-0.2, 0) is 6.61 Å². The normalized spacial score (nSPS) is 10.6. The predicted molar refractivity (Wildman–Crippen MR) is 94.9 cm³/mol. The summed E-state index contributed by atoms with van der Waals surface area (Å²) in [6.07, 6.45) is 3.70. The van der Waals surface area contributed by atoms with Crippen LogP contribution in [0.4, 0.5) is 0 Å². The minimum Gasteiger partial charge on any atom is -0.487 e. The molecule has 0 amide bonds. The standard InChI is InChI=1S/C20H18ClNO/c1-14-7-15(2)9-17(8-14)18-10-16(11-22-12-18)13-23-20-6-4-3-5-19(20)21/h3-12H,13H2,1-2H3. The average molecular weight is 324 g/mol. The Hall–Kier alpha value is -2.32. The molecule has 2 aromatic carbocycles. The third kappa shape index (κ3) is 3.91. The van der Waals surface area contributed by atoms with Crippen LogP contribution >= 0.6 is 11.6 Å². The number of pyridine rings is 1. The van der Waals surface area contributed by atoms with E-state index in [1.807, 2.05) is 36.7 Å². The zero-order valence-corrected chi connectivity index (χ0v) is 14.0. The minimum atomic E-state index is 0.440. The summed E-state index contributed by atoms with van der Waals surface area (Å²) in [6, 6.07) is 16.1. The summed E-state index contributed by atoms with van der Waals surface area (Å²) in [7, 11) is 0. The Morgan fingerprint density at radius 3 is 2.39 bits per heavy atom. The van der Waals surface area contributed by atoms with Crippen molar-refractivity contribution in [2.24, 2.45) is 0 Å². The summed E-state index contributed by atoms with van der Waals surface area (Å²) >= 11 is 6.11. The average Bonchev–Trinajstić information content (AvgIpc) is 2.53. The van der Waals surface area contributed by atoms with E-state index in [0.29, 0.717) is 17.4 Å². The molecule has 1 aromatic heterocycles. The Balaban J connectivity index is 1.81. The van der Waals surface area contributed by atoms with Gasteiger partial charge in [0.15, 0.2) is 0 Å². The number of aryl methyl sites for hydroxylation is 2. The Kier molecular flexibility index (Phi) is 4.63.